The molecule has 0 aromatic carbocycles. The highest BCUT2D eigenvalue weighted by Gasteiger charge is 1.89. The Hall–Kier alpha value is -1.48. The first kappa shape index (κ1) is 18.5. The van der Waals surface area contributed by atoms with Crippen LogP contribution >= 0.6 is 0 Å². The lowest BCUT2D eigenvalue weighted by Crippen LogP contribution is -1.83. The van der Waals surface area contributed by atoms with Crippen molar-refractivity contribution in [2.45, 2.75) is 51.4 Å². The molecule has 0 unspecified atom stereocenters. The summed E-state index contributed by atoms with van der Waals surface area (Å²) in [5, 5.41) is 17.1. The Bertz CT molecular complexity index is 372. The normalized spacial score (nSPS) is 10.3. The first-order valence-electron chi connectivity index (χ1n) is 7.42. The van der Waals surface area contributed by atoms with E-state index in [2.05, 4.69) is 35.8 Å². The summed E-state index contributed by atoms with van der Waals surface area (Å²) < 4.78 is 0. The largest absolute Gasteiger partial charge is 0.396 e. The SMILES string of the molecule is OCC=CC#CC#CCC=CCCCCCCCCO. The fourth-order valence-corrected chi connectivity index (χ4v) is 1.63. The third-order valence-corrected chi connectivity index (χ3v) is 2.70. The summed E-state index contributed by atoms with van der Waals surface area (Å²) in [5.41, 5.74) is 0. The fraction of sp³-hybridized carbons (Fsp3) is 0.556. The molecule has 0 aliphatic heterocycles. The van der Waals surface area contributed by atoms with Gasteiger partial charge in [-0.3, -0.25) is 0 Å². The molecule has 0 heterocycles. The molecule has 2 N–H and O–H groups in total. The van der Waals surface area contributed by atoms with Crippen LogP contribution in [0.5, 0.6) is 0 Å². The summed E-state index contributed by atoms with van der Waals surface area (Å²) in [6, 6.07) is 0. The average molecular weight is 274 g/mol. The van der Waals surface area contributed by atoms with Gasteiger partial charge in [0.05, 0.1) is 6.61 Å². The van der Waals surface area contributed by atoms with Gasteiger partial charge in [-0.05, 0) is 37.2 Å². The second-order valence-corrected chi connectivity index (χ2v) is 4.47. The molecule has 0 fully saturated rings. The van der Waals surface area contributed by atoms with Crippen molar-refractivity contribution in [2.75, 3.05) is 13.2 Å². The van der Waals surface area contributed by atoms with Gasteiger partial charge in [-0.25, -0.2) is 0 Å². The van der Waals surface area contributed by atoms with Gasteiger partial charge in [0.15, 0.2) is 0 Å². The van der Waals surface area contributed by atoms with Crippen molar-refractivity contribution in [1.82, 2.24) is 0 Å². The quantitative estimate of drug-likeness (QED) is 0.365. The van der Waals surface area contributed by atoms with E-state index in [-0.39, 0.29) is 6.61 Å². The monoisotopic (exact) mass is 274 g/mol. The lowest BCUT2D eigenvalue weighted by Gasteiger charge is -1.98. The van der Waals surface area contributed by atoms with Gasteiger partial charge in [0.2, 0.25) is 0 Å². The van der Waals surface area contributed by atoms with Crippen LogP contribution in [0.1, 0.15) is 51.4 Å². The molecular formula is C18H26O2. The van der Waals surface area contributed by atoms with Crippen LogP contribution in [-0.2, 0) is 0 Å². The van der Waals surface area contributed by atoms with Gasteiger partial charge in [0.1, 0.15) is 0 Å². The van der Waals surface area contributed by atoms with E-state index in [1.165, 1.54) is 25.7 Å². The summed E-state index contributed by atoms with van der Waals surface area (Å²) >= 11 is 0. The van der Waals surface area contributed by atoms with Gasteiger partial charge in [0.25, 0.3) is 0 Å². The van der Waals surface area contributed by atoms with Crippen molar-refractivity contribution in [2.24, 2.45) is 0 Å². The number of hydrogen-bond donors (Lipinski definition) is 2. The molecule has 2 heteroatoms. The van der Waals surface area contributed by atoms with Crippen molar-refractivity contribution in [3.8, 4) is 23.7 Å². The Balaban J connectivity index is 3.37. The van der Waals surface area contributed by atoms with Gasteiger partial charge in [0, 0.05) is 13.0 Å². The summed E-state index contributed by atoms with van der Waals surface area (Å²) in [6.07, 6.45) is 16.4. The molecule has 2 nitrogen and oxygen atoms in total. The lowest BCUT2D eigenvalue weighted by molar-refractivity contribution is 0.282. The maximum absolute atomic E-state index is 8.64. The van der Waals surface area contributed by atoms with Gasteiger partial charge in [-0.1, -0.05) is 55.8 Å². The van der Waals surface area contributed by atoms with Gasteiger partial charge < -0.3 is 10.2 Å². The molecule has 20 heavy (non-hydrogen) atoms. The molecule has 0 atom stereocenters. The zero-order valence-electron chi connectivity index (χ0n) is 12.3. The predicted molar refractivity (Wildman–Crippen MR) is 84.9 cm³/mol. The van der Waals surface area contributed by atoms with Crippen molar-refractivity contribution >= 4 is 0 Å². The Morgan fingerprint density at radius 3 is 2.25 bits per heavy atom. The second kappa shape index (κ2) is 17.5. The number of hydrogen-bond acceptors (Lipinski definition) is 2. The molecular weight excluding hydrogens is 248 g/mol. The lowest BCUT2D eigenvalue weighted by atomic mass is 10.1. The third-order valence-electron chi connectivity index (χ3n) is 2.70. The zero-order chi connectivity index (χ0) is 14.7. The number of unbranched alkanes of at least 4 members (excludes halogenated alkanes) is 6. The molecule has 0 aromatic rings. The fourth-order valence-electron chi connectivity index (χ4n) is 1.63. The minimum atomic E-state index is 0.0201. The van der Waals surface area contributed by atoms with Gasteiger partial charge in [-0.15, -0.1) is 0 Å². The summed E-state index contributed by atoms with van der Waals surface area (Å²) in [5.74, 6) is 11.1. The van der Waals surface area contributed by atoms with Crippen molar-refractivity contribution < 1.29 is 10.2 Å². The maximum Gasteiger partial charge on any atom is 0.0621 e. The minimum Gasteiger partial charge on any atom is -0.396 e. The standard InChI is InChI=1S/C18H26O2/c19-17-15-13-11-9-7-5-3-1-2-4-6-8-10-12-14-16-18-20/h1-2,14,16,19-20H,3-5,7,9,11,13,15,17-18H2. The number of rotatable bonds is 10. The zero-order valence-corrected chi connectivity index (χ0v) is 12.3. The summed E-state index contributed by atoms with van der Waals surface area (Å²) in [6.45, 7) is 0.345. The first-order chi connectivity index (χ1) is 9.91. The van der Waals surface area contributed by atoms with E-state index >= 15 is 0 Å². The van der Waals surface area contributed by atoms with E-state index in [4.69, 9.17) is 10.2 Å². The van der Waals surface area contributed by atoms with Crippen molar-refractivity contribution in [3.05, 3.63) is 24.3 Å². The van der Waals surface area contributed by atoms with Crippen LogP contribution in [0.25, 0.3) is 0 Å². The predicted octanol–water partition coefficient (Wildman–Crippen LogP) is 3.21. The van der Waals surface area contributed by atoms with Gasteiger partial charge in [-0.2, -0.15) is 0 Å². The molecule has 0 saturated heterocycles. The molecule has 0 rings (SSSR count). The maximum atomic E-state index is 8.64. The van der Waals surface area contributed by atoms with Crippen LogP contribution in [0.4, 0.5) is 0 Å². The highest BCUT2D eigenvalue weighted by molar-refractivity contribution is 5.31. The van der Waals surface area contributed by atoms with E-state index in [1.54, 1.807) is 12.2 Å². The van der Waals surface area contributed by atoms with Crippen molar-refractivity contribution in [3.63, 3.8) is 0 Å². The smallest absolute Gasteiger partial charge is 0.0621 e. The molecule has 110 valence electrons. The van der Waals surface area contributed by atoms with E-state index in [1.807, 2.05) is 0 Å². The van der Waals surface area contributed by atoms with Crippen LogP contribution in [0.15, 0.2) is 24.3 Å². The molecule has 0 amide bonds. The van der Waals surface area contributed by atoms with E-state index in [9.17, 15) is 0 Å². The molecule has 0 bridgehead atoms. The topological polar surface area (TPSA) is 40.5 Å². The number of aliphatic hydroxyl groups is 2. The highest BCUT2D eigenvalue weighted by atomic mass is 16.3. The Labute approximate surface area is 123 Å². The Kier molecular flexibility index (Phi) is 16.2. The van der Waals surface area contributed by atoms with Crippen LogP contribution in [0, 0.1) is 23.7 Å². The van der Waals surface area contributed by atoms with Gasteiger partial charge >= 0.3 is 0 Å². The molecule has 0 aliphatic rings. The Morgan fingerprint density at radius 2 is 1.50 bits per heavy atom. The minimum absolute atomic E-state index is 0.0201. The average Bonchev–Trinajstić information content (AvgIpc) is 2.47. The van der Waals surface area contributed by atoms with E-state index in [0.717, 1.165) is 25.7 Å². The van der Waals surface area contributed by atoms with Crippen LogP contribution in [-0.4, -0.2) is 23.4 Å². The molecule has 0 radical (unpaired) electrons. The molecule has 0 saturated carbocycles. The summed E-state index contributed by atoms with van der Waals surface area (Å²) in [4.78, 5) is 0. The number of aliphatic hydroxyl groups excluding tert-OH is 2. The highest BCUT2D eigenvalue weighted by Crippen LogP contribution is 2.07. The third kappa shape index (κ3) is 16.5. The molecule has 0 aromatic heterocycles. The van der Waals surface area contributed by atoms with Crippen LogP contribution < -0.4 is 0 Å². The van der Waals surface area contributed by atoms with Crippen molar-refractivity contribution in [1.29, 1.82) is 0 Å². The van der Waals surface area contributed by atoms with E-state index < -0.39 is 0 Å². The van der Waals surface area contributed by atoms with Crippen LogP contribution in [0.3, 0.4) is 0 Å². The first-order valence-corrected chi connectivity index (χ1v) is 7.42. The molecule has 0 aliphatic carbocycles. The van der Waals surface area contributed by atoms with E-state index in [0.29, 0.717) is 6.61 Å². The molecule has 0 spiro atoms. The number of allylic oxidation sites excluding steroid dienone is 3. The second-order valence-electron chi connectivity index (χ2n) is 4.47. The summed E-state index contributed by atoms with van der Waals surface area (Å²) in [7, 11) is 0. The van der Waals surface area contributed by atoms with Crippen LogP contribution in [0.2, 0.25) is 0 Å². The Morgan fingerprint density at radius 1 is 0.750 bits per heavy atom.